The van der Waals surface area contributed by atoms with Crippen LogP contribution in [0.15, 0.2) is 39.5 Å². The van der Waals surface area contributed by atoms with E-state index in [0.717, 1.165) is 24.4 Å². The van der Waals surface area contributed by atoms with E-state index in [1.165, 1.54) is 4.57 Å². The molecule has 0 N–H and O–H groups in total. The number of ether oxygens (including phenoxy) is 2. The van der Waals surface area contributed by atoms with Crippen LogP contribution in [0.1, 0.15) is 28.2 Å². The maximum atomic E-state index is 12.5. The largest absolute Gasteiger partial charge is 0.456 e. The van der Waals surface area contributed by atoms with Crippen molar-refractivity contribution in [1.29, 1.82) is 0 Å². The van der Waals surface area contributed by atoms with Crippen LogP contribution in [0.4, 0.5) is 0 Å². The quantitative estimate of drug-likeness (QED) is 0.311. The normalized spacial score (nSPS) is 11.1. The number of benzene rings is 1. The predicted molar refractivity (Wildman–Crippen MR) is 106 cm³/mol. The Morgan fingerprint density at radius 1 is 1.14 bits per heavy atom. The average Bonchev–Trinajstić information content (AvgIpc) is 3.17. The Labute approximate surface area is 167 Å². The minimum atomic E-state index is -0.680. The number of Topliss-reactive ketones (excluding diaryl/α,β-unsaturated/α-hetero) is 1. The Kier molecular flexibility index (Phi) is 6.33. The lowest BCUT2D eigenvalue weighted by molar-refractivity contribution is -0.143. The highest BCUT2D eigenvalue weighted by atomic mass is 16.5. The first-order valence-corrected chi connectivity index (χ1v) is 9.35. The van der Waals surface area contributed by atoms with Crippen molar-refractivity contribution < 1.29 is 23.5 Å². The van der Waals surface area contributed by atoms with E-state index in [0.29, 0.717) is 23.3 Å². The van der Waals surface area contributed by atoms with Crippen molar-refractivity contribution in [2.24, 2.45) is 0 Å². The van der Waals surface area contributed by atoms with E-state index in [-0.39, 0.29) is 18.9 Å². The zero-order valence-electron chi connectivity index (χ0n) is 16.8. The second-order valence-corrected chi connectivity index (χ2v) is 6.79. The summed E-state index contributed by atoms with van der Waals surface area (Å²) in [5, 5.41) is 0. The van der Waals surface area contributed by atoms with Gasteiger partial charge in [0.05, 0.1) is 5.52 Å². The summed E-state index contributed by atoms with van der Waals surface area (Å²) in [6, 6.07) is 8.59. The molecule has 2 aromatic heterocycles. The van der Waals surface area contributed by atoms with Gasteiger partial charge >= 0.3 is 11.7 Å². The van der Waals surface area contributed by atoms with Crippen LogP contribution in [-0.4, -0.2) is 41.2 Å². The maximum Gasteiger partial charge on any atom is 0.420 e. The van der Waals surface area contributed by atoms with Crippen molar-refractivity contribution in [3.63, 3.8) is 0 Å². The molecule has 3 rings (SSSR count). The Bertz CT molecular complexity index is 1090. The van der Waals surface area contributed by atoms with Gasteiger partial charge < -0.3 is 18.5 Å². The number of esters is 1. The smallest absolute Gasteiger partial charge is 0.420 e. The fraction of sp³-hybridized carbons (Fsp3) is 0.381. The lowest BCUT2D eigenvalue weighted by atomic mass is 10.1. The summed E-state index contributed by atoms with van der Waals surface area (Å²) in [6.45, 7) is 4.48. The van der Waals surface area contributed by atoms with E-state index in [2.05, 4.69) is 0 Å². The van der Waals surface area contributed by atoms with Crippen molar-refractivity contribution in [3.05, 3.63) is 57.8 Å². The van der Waals surface area contributed by atoms with Crippen LogP contribution in [0.3, 0.4) is 0 Å². The third kappa shape index (κ3) is 4.48. The van der Waals surface area contributed by atoms with Gasteiger partial charge in [0.25, 0.3) is 0 Å². The molecule has 0 atom stereocenters. The van der Waals surface area contributed by atoms with Crippen LogP contribution >= 0.6 is 0 Å². The molecule has 0 aliphatic carbocycles. The second-order valence-electron chi connectivity index (χ2n) is 6.79. The highest BCUT2D eigenvalue weighted by Crippen LogP contribution is 2.17. The monoisotopic (exact) mass is 400 g/mol. The average molecular weight is 400 g/mol. The molecule has 0 unspecified atom stereocenters. The van der Waals surface area contributed by atoms with Crippen LogP contribution in [0.25, 0.3) is 11.1 Å². The van der Waals surface area contributed by atoms with Gasteiger partial charge in [0.1, 0.15) is 6.54 Å². The van der Waals surface area contributed by atoms with Gasteiger partial charge in [-0.2, -0.15) is 0 Å². The summed E-state index contributed by atoms with van der Waals surface area (Å²) < 4.78 is 18.5. The van der Waals surface area contributed by atoms with Crippen molar-refractivity contribution in [3.8, 4) is 0 Å². The van der Waals surface area contributed by atoms with Gasteiger partial charge in [0, 0.05) is 37.2 Å². The second kappa shape index (κ2) is 8.91. The Hall–Kier alpha value is -3.13. The molecule has 0 radical (unpaired) electrons. The summed E-state index contributed by atoms with van der Waals surface area (Å²) >= 11 is 0. The minimum absolute atomic E-state index is 0.283. The van der Waals surface area contributed by atoms with Crippen LogP contribution in [0.2, 0.25) is 0 Å². The third-order valence-electron chi connectivity index (χ3n) is 4.83. The van der Waals surface area contributed by atoms with Crippen LogP contribution < -0.4 is 5.76 Å². The summed E-state index contributed by atoms with van der Waals surface area (Å²) in [4.78, 5) is 36.7. The fourth-order valence-corrected chi connectivity index (χ4v) is 3.36. The molecule has 0 aliphatic heterocycles. The summed E-state index contributed by atoms with van der Waals surface area (Å²) in [5.41, 5.74) is 3.21. The van der Waals surface area contributed by atoms with Crippen LogP contribution in [-0.2, 0) is 27.4 Å². The number of rotatable bonds is 9. The van der Waals surface area contributed by atoms with E-state index in [1.54, 1.807) is 37.4 Å². The molecular formula is C21H24N2O6. The van der Waals surface area contributed by atoms with Crippen LogP contribution in [0, 0.1) is 13.8 Å². The number of methoxy groups -OCH3 is 1. The first kappa shape index (κ1) is 20.6. The Balaban J connectivity index is 1.63. The molecule has 0 amide bonds. The molecule has 2 heterocycles. The number of carbonyl (C=O) groups is 2. The fourth-order valence-electron chi connectivity index (χ4n) is 3.36. The number of oxazole rings is 1. The van der Waals surface area contributed by atoms with Crippen molar-refractivity contribution >= 4 is 22.9 Å². The third-order valence-corrected chi connectivity index (χ3v) is 4.83. The molecule has 0 fully saturated rings. The highest BCUT2D eigenvalue weighted by molar-refractivity contribution is 5.99. The number of nitrogens with zero attached hydrogens (tertiary/aromatic N) is 2. The van der Waals surface area contributed by atoms with Gasteiger partial charge in [0.15, 0.2) is 12.2 Å². The van der Waals surface area contributed by atoms with Crippen LogP contribution in [0.5, 0.6) is 0 Å². The van der Waals surface area contributed by atoms with Gasteiger partial charge in [-0.25, -0.2) is 4.79 Å². The van der Waals surface area contributed by atoms with Gasteiger partial charge in [-0.05, 0) is 38.5 Å². The number of aryl methyl sites for hydroxylation is 1. The summed E-state index contributed by atoms with van der Waals surface area (Å²) in [6.07, 6.45) is 0.836. The number of para-hydroxylation sites is 2. The van der Waals surface area contributed by atoms with E-state index in [1.807, 2.05) is 18.4 Å². The molecule has 0 spiro atoms. The van der Waals surface area contributed by atoms with Gasteiger partial charge in [-0.3, -0.25) is 14.2 Å². The predicted octanol–water partition coefficient (Wildman–Crippen LogP) is 2.48. The molecule has 1 aromatic carbocycles. The van der Waals surface area contributed by atoms with Gasteiger partial charge in [-0.15, -0.1) is 0 Å². The van der Waals surface area contributed by atoms with Crippen molar-refractivity contribution in [1.82, 2.24) is 9.13 Å². The molecule has 8 heteroatoms. The number of ketones is 1. The number of carbonyl (C=O) groups excluding carboxylic acids is 2. The van der Waals surface area contributed by atoms with E-state index in [4.69, 9.17) is 13.9 Å². The standard InChI is InChI=1S/C21H24N2O6/c1-14-11-16(15(2)22(14)9-6-10-27-3)18(24)13-28-20(25)12-23-17-7-4-5-8-19(17)29-21(23)26/h4-5,7-8,11H,6,9-10,12-13H2,1-3H3. The van der Waals surface area contributed by atoms with E-state index in [9.17, 15) is 14.4 Å². The topological polar surface area (TPSA) is 92.7 Å². The molecular weight excluding hydrogens is 376 g/mol. The van der Waals surface area contributed by atoms with Crippen molar-refractivity contribution in [2.75, 3.05) is 20.3 Å². The molecule has 154 valence electrons. The lowest BCUT2D eigenvalue weighted by Gasteiger charge is -2.09. The van der Waals surface area contributed by atoms with E-state index < -0.39 is 11.7 Å². The first-order valence-electron chi connectivity index (χ1n) is 9.35. The van der Waals surface area contributed by atoms with Gasteiger partial charge in [-0.1, -0.05) is 12.1 Å². The molecule has 0 saturated carbocycles. The lowest BCUT2D eigenvalue weighted by Crippen LogP contribution is -2.23. The Morgan fingerprint density at radius 3 is 2.66 bits per heavy atom. The molecule has 29 heavy (non-hydrogen) atoms. The molecule has 0 aliphatic rings. The van der Waals surface area contributed by atoms with E-state index >= 15 is 0 Å². The molecule has 0 saturated heterocycles. The molecule has 3 aromatic rings. The number of aromatic nitrogens is 2. The first-order chi connectivity index (χ1) is 13.9. The number of hydrogen-bond donors (Lipinski definition) is 0. The number of fused-ring (bicyclic) bond motifs is 1. The zero-order chi connectivity index (χ0) is 21.0. The van der Waals surface area contributed by atoms with Crippen molar-refractivity contribution in [2.45, 2.75) is 33.4 Å². The molecule has 8 nitrogen and oxygen atoms in total. The maximum absolute atomic E-state index is 12.5. The van der Waals surface area contributed by atoms with Gasteiger partial charge in [0.2, 0.25) is 5.78 Å². The minimum Gasteiger partial charge on any atom is -0.456 e. The zero-order valence-corrected chi connectivity index (χ0v) is 16.8. The summed E-state index contributed by atoms with van der Waals surface area (Å²) in [7, 11) is 1.65. The Morgan fingerprint density at radius 2 is 1.90 bits per heavy atom. The molecule has 0 bridgehead atoms. The SMILES string of the molecule is COCCCn1c(C)cc(C(=O)COC(=O)Cn2c(=O)oc3ccccc32)c1C. The number of hydrogen-bond acceptors (Lipinski definition) is 6. The highest BCUT2D eigenvalue weighted by Gasteiger charge is 2.18. The summed E-state index contributed by atoms with van der Waals surface area (Å²) in [5.74, 6) is -1.61.